The Labute approximate surface area is 171 Å². The number of ether oxygens (including phenoxy) is 1. The van der Waals surface area contributed by atoms with Gasteiger partial charge >= 0.3 is 0 Å². The first-order valence-electron chi connectivity index (χ1n) is 9.04. The van der Waals surface area contributed by atoms with Crippen LogP contribution in [0.4, 0.5) is 5.69 Å². The molecule has 142 valence electrons. The number of amidine groups is 1. The largest absolute Gasteiger partial charge is 0.497 e. The highest BCUT2D eigenvalue weighted by Gasteiger charge is 2.12. The number of aromatic amines is 1. The van der Waals surface area contributed by atoms with Crippen LogP contribution in [0.2, 0.25) is 5.02 Å². The molecule has 0 bridgehead atoms. The van der Waals surface area contributed by atoms with E-state index in [0.717, 1.165) is 38.5 Å². The minimum atomic E-state index is 0.106. The molecule has 1 aliphatic heterocycles. The van der Waals surface area contributed by atoms with Crippen LogP contribution in [-0.4, -0.2) is 23.0 Å². The molecule has 0 radical (unpaired) electrons. The number of hydrogen-bond donors (Lipinski definition) is 2. The topological polar surface area (TPSA) is 70.0 Å². The van der Waals surface area contributed by atoms with Crippen molar-refractivity contribution in [2.24, 2.45) is 9.98 Å². The van der Waals surface area contributed by atoms with E-state index in [1.54, 1.807) is 13.2 Å². The van der Waals surface area contributed by atoms with Crippen molar-refractivity contribution in [2.45, 2.75) is 0 Å². The number of hydrogen-bond acceptors (Lipinski definition) is 4. The number of nitrogens with zero attached hydrogens (tertiary/aromatic N) is 2. The molecule has 4 aromatic rings. The first-order chi connectivity index (χ1) is 14.1. The highest BCUT2D eigenvalue weighted by atomic mass is 35.5. The molecule has 0 atom stereocenters. The van der Waals surface area contributed by atoms with Crippen molar-refractivity contribution in [2.75, 3.05) is 7.11 Å². The molecule has 0 saturated heterocycles. The van der Waals surface area contributed by atoms with Crippen molar-refractivity contribution in [1.82, 2.24) is 4.98 Å². The summed E-state index contributed by atoms with van der Waals surface area (Å²) < 4.78 is 5.20. The Kier molecular flexibility index (Phi) is 4.11. The van der Waals surface area contributed by atoms with Gasteiger partial charge in [-0.15, -0.1) is 0 Å². The molecule has 2 heterocycles. The van der Waals surface area contributed by atoms with E-state index >= 15 is 0 Å². The molecule has 5 nitrogen and oxygen atoms in total. The summed E-state index contributed by atoms with van der Waals surface area (Å²) in [5, 5.41) is 13.5. The molecule has 6 heteroatoms. The first kappa shape index (κ1) is 17.5. The minimum Gasteiger partial charge on any atom is -0.497 e. The second-order valence-corrected chi connectivity index (χ2v) is 7.18. The van der Waals surface area contributed by atoms with Crippen molar-refractivity contribution >= 4 is 40.1 Å². The van der Waals surface area contributed by atoms with Gasteiger partial charge in [0.15, 0.2) is 11.7 Å². The van der Waals surface area contributed by atoms with E-state index in [-0.39, 0.29) is 5.88 Å². The Morgan fingerprint density at radius 3 is 2.62 bits per heavy atom. The van der Waals surface area contributed by atoms with Crippen LogP contribution in [0.5, 0.6) is 11.6 Å². The molecule has 2 N–H and O–H groups in total. The molecule has 0 aliphatic carbocycles. The van der Waals surface area contributed by atoms with Gasteiger partial charge in [0.2, 0.25) is 0 Å². The van der Waals surface area contributed by atoms with Gasteiger partial charge in [-0.25, -0.2) is 9.98 Å². The number of aliphatic imine (C=N–C) groups is 1. The lowest BCUT2D eigenvalue weighted by atomic mass is 10.1. The Hall–Kier alpha value is -3.57. The second kappa shape index (κ2) is 6.79. The zero-order valence-corrected chi connectivity index (χ0v) is 16.2. The smallest absolute Gasteiger partial charge is 0.196 e. The lowest BCUT2D eigenvalue weighted by Crippen LogP contribution is -2.07. The van der Waals surface area contributed by atoms with E-state index in [9.17, 15) is 5.11 Å². The number of benzene rings is 3. The van der Waals surface area contributed by atoms with Gasteiger partial charge in [0.25, 0.3) is 0 Å². The molecule has 5 rings (SSSR count). The maximum absolute atomic E-state index is 10.3. The number of rotatable bonds is 3. The summed E-state index contributed by atoms with van der Waals surface area (Å²) in [5.74, 6) is 1.57. The number of methoxy groups -OCH3 is 1. The maximum Gasteiger partial charge on any atom is 0.196 e. The van der Waals surface area contributed by atoms with Crippen LogP contribution < -0.4 is 15.3 Å². The molecule has 1 aromatic heterocycles. The van der Waals surface area contributed by atoms with Crippen LogP contribution in [0.15, 0.2) is 70.6 Å². The summed E-state index contributed by atoms with van der Waals surface area (Å²) in [6.07, 6.45) is 1.91. The minimum absolute atomic E-state index is 0.106. The number of aromatic nitrogens is 1. The van der Waals surface area contributed by atoms with Crippen LogP contribution in [0.1, 0.15) is 11.1 Å². The monoisotopic (exact) mass is 401 g/mol. The van der Waals surface area contributed by atoms with E-state index in [1.165, 1.54) is 0 Å². The fourth-order valence-corrected chi connectivity index (χ4v) is 3.59. The molecular formula is C23H16ClN3O2. The lowest BCUT2D eigenvalue weighted by molar-refractivity contribution is 0.415. The molecule has 3 aromatic carbocycles. The number of fused-ring (bicyclic) bond motifs is 2. The van der Waals surface area contributed by atoms with E-state index in [4.69, 9.17) is 16.3 Å². The zero-order valence-electron chi connectivity index (χ0n) is 15.5. The van der Waals surface area contributed by atoms with E-state index in [2.05, 4.69) is 15.0 Å². The standard InChI is InChI=1S/C23H16ClN3O2/c1-29-16-6-3-14(4-7-16)22-25-20-8-2-13(11-21(20)26-22)10-18-17-12-15(24)5-9-19(17)27-23(18)28/h2-12,27-28H,1H3/b13-10-. The maximum atomic E-state index is 10.3. The van der Waals surface area contributed by atoms with E-state index in [1.807, 2.05) is 60.7 Å². The highest BCUT2D eigenvalue weighted by molar-refractivity contribution is 6.31. The summed E-state index contributed by atoms with van der Waals surface area (Å²) in [7, 11) is 1.64. The van der Waals surface area contributed by atoms with Gasteiger partial charge in [-0.1, -0.05) is 17.7 Å². The summed E-state index contributed by atoms with van der Waals surface area (Å²) in [6.45, 7) is 0. The van der Waals surface area contributed by atoms with Gasteiger partial charge in [0.05, 0.1) is 18.2 Å². The fourth-order valence-electron chi connectivity index (χ4n) is 3.42. The van der Waals surface area contributed by atoms with Gasteiger partial charge in [0, 0.05) is 27.1 Å². The van der Waals surface area contributed by atoms with Gasteiger partial charge in [0.1, 0.15) is 5.75 Å². The van der Waals surface area contributed by atoms with Crippen molar-refractivity contribution in [3.63, 3.8) is 0 Å². The molecule has 0 saturated carbocycles. The number of halogens is 1. The fraction of sp³-hybridized carbons (Fsp3) is 0.0435. The predicted octanol–water partition coefficient (Wildman–Crippen LogP) is 4.08. The third-order valence-electron chi connectivity index (χ3n) is 4.89. The van der Waals surface area contributed by atoms with Crippen LogP contribution in [-0.2, 0) is 0 Å². The second-order valence-electron chi connectivity index (χ2n) is 6.75. The summed E-state index contributed by atoms with van der Waals surface area (Å²) in [6, 6.07) is 19.0. The Bertz CT molecular complexity index is 1400. The number of nitrogens with one attached hydrogen (secondary N) is 1. The predicted molar refractivity (Wildman–Crippen MR) is 115 cm³/mol. The quantitative estimate of drug-likeness (QED) is 0.543. The highest BCUT2D eigenvalue weighted by Crippen LogP contribution is 2.30. The van der Waals surface area contributed by atoms with Crippen LogP contribution in [0.25, 0.3) is 17.0 Å². The van der Waals surface area contributed by atoms with Gasteiger partial charge in [-0.2, -0.15) is 0 Å². The third-order valence-corrected chi connectivity index (χ3v) is 5.13. The molecule has 0 spiro atoms. The molecular weight excluding hydrogens is 386 g/mol. The zero-order chi connectivity index (χ0) is 20.0. The van der Waals surface area contributed by atoms with Crippen molar-refractivity contribution in [1.29, 1.82) is 0 Å². The average molecular weight is 402 g/mol. The number of H-pyrrole nitrogens is 1. The first-order valence-corrected chi connectivity index (χ1v) is 9.42. The Morgan fingerprint density at radius 2 is 1.83 bits per heavy atom. The SMILES string of the molecule is COc1ccc(C2=Nc3c/c(=C\c4c(O)[nH]c5ccc(Cl)cc45)ccc3=N2)cc1. The van der Waals surface area contributed by atoms with Crippen molar-refractivity contribution in [3.8, 4) is 11.6 Å². The van der Waals surface area contributed by atoms with Crippen LogP contribution >= 0.6 is 11.6 Å². The Balaban J connectivity index is 1.57. The summed E-state index contributed by atoms with van der Waals surface area (Å²) >= 11 is 6.13. The van der Waals surface area contributed by atoms with Gasteiger partial charge in [-0.3, -0.25) is 0 Å². The normalized spacial score (nSPS) is 13.3. The number of aromatic hydroxyl groups is 1. The molecule has 29 heavy (non-hydrogen) atoms. The lowest BCUT2D eigenvalue weighted by Gasteiger charge is -2.00. The van der Waals surface area contributed by atoms with E-state index in [0.29, 0.717) is 16.4 Å². The summed E-state index contributed by atoms with van der Waals surface area (Å²) in [4.78, 5) is 12.3. The van der Waals surface area contributed by atoms with Gasteiger partial charge in [-0.05, 0) is 65.9 Å². The van der Waals surface area contributed by atoms with E-state index < -0.39 is 0 Å². The van der Waals surface area contributed by atoms with Crippen LogP contribution in [0.3, 0.4) is 0 Å². The van der Waals surface area contributed by atoms with Crippen molar-refractivity contribution in [3.05, 3.63) is 87.4 Å². The molecule has 0 unspecified atom stereocenters. The third kappa shape index (κ3) is 3.15. The Morgan fingerprint density at radius 1 is 1.00 bits per heavy atom. The van der Waals surface area contributed by atoms with Crippen LogP contribution in [0, 0.1) is 0 Å². The average Bonchev–Trinajstić information content (AvgIpc) is 3.29. The van der Waals surface area contributed by atoms with Crippen molar-refractivity contribution < 1.29 is 9.84 Å². The molecule has 1 aliphatic rings. The molecule has 0 amide bonds. The molecule has 0 fully saturated rings. The van der Waals surface area contributed by atoms with Gasteiger partial charge < -0.3 is 14.8 Å². The summed E-state index contributed by atoms with van der Waals surface area (Å²) in [5.41, 5.74) is 3.24.